The number of nitrogens with zero attached hydrogens (tertiary/aromatic N) is 6. The zero-order valence-corrected chi connectivity index (χ0v) is 24.9. The van der Waals surface area contributed by atoms with Gasteiger partial charge in [0, 0.05) is 63.2 Å². The molecule has 1 aromatic carbocycles. The number of carbonyl (C=O) groups is 1. The number of aliphatic imine (C=N–C) groups is 2. The number of aromatic nitrogens is 1. The third-order valence-corrected chi connectivity index (χ3v) is 7.76. The normalized spacial score (nSPS) is 18.8. The van der Waals surface area contributed by atoms with Crippen molar-refractivity contribution in [3.05, 3.63) is 47.3 Å². The third-order valence-electron chi connectivity index (χ3n) is 7.76. The summed E-state index contributed by atoms with van der Waals surface area (Å²) in [6.07, 6.45) is 8.23. The molecular formula is C31H40N6O4. The zero-order chi connectivity index (χ0) is 29.5. The Bertz CT molecular complexity index is 1370. The quantitative estimate of drug-likeness (QED) is 0.462. The molecule has 4 rings (SSSR count). The Balaban J connectivity index is 1.62. The minimum atomic E-state index is -0.0856. The van der Waals surface area contributed by atoms with Crippen molar-refractivity contribution in [1.82, 2.24) is 14.4 Å². The fourth-order valence-corrected chi connectivity index (χ4v) is 5.26. The van der Waals surface area contributed by atoms with Crippen molar-refractivity contribution in [1.29, 1.82) is 5.26 Å². The van der Waals surface area contributed by atoms with Gasteiger partial charge in [-0.25, -0.2) is 9.98 Å². The summed E-state index contributed by atoms with van der Waals surface area (Å²) < 4.78 is 18.7. The highest BCUT2D eigenvalue weighted by Gasteiger charge is 2.24. The van der Waals surface area contributed by atoms with Crippen LogP contribution in [0.25, 0.3) is 0 Å². The molecule has 0 aliphatic carbocycles. The van der Waals surface area contributed by atoms with E-state index in [0.717, 1.165) is 49.7 Å². The topological polar surface area (TPSA) is 105 Å². The predicted molar refractivity (Wildman–Crippen MR) is 159 cm³/mol. The summed E-state index contributed by atoms with van der Waals surface area (Å²) in [5, 5.41) is 8.83. The molecule has 1 aromatic heterocycles. The summed E-state index contributed by atoms with van der Waals surface area (Å²) in [5.41, 5.74) is 4.19. The van der Waals surface area contributed by atoms with Gasteiger partial charge in [0.15, 0.2) is 11.5 Å². The molecule has 1 fully saturated rings. The Morgan fingerprint density at radius 3 is 2.34 bits per heavy atom. The smallest absolute Gasteiger partial charge is 0.236 e. The lowest BCUT2D eigenvalue weighted by atomic mass is 10.0. The van der Waals surface area contributed by atoms with Crippen LogP contribution in [0.1, 0.15) is 44.2 Å². The standard InChI is InChI=1S/C31H40N6O4/c1-7-23-9-8-21(2)31(34-30(23)33-25-16-26(39-4)29(41-6)27(17-25)40-5)37-18-22(3)24(20-37)19-35-12-14-36(15-13-35)28(38)10-11-32/h8,16-18,20,23H,7,9-10,12-15,19H2,1-6H3. The lowest BCUT2D eigenvalue weighted by molar-refractivity contribution is -0.131. The van der Waals surface area contributed by atoms with Gasteiger partial charge < -0.3 is 23.7 Å². The van der Waals surface area contributed by atoms with E-state index in [0.29, 0.717) is 36.0 Å². The van der Waals surface area contributed by atoms with Gasteiger partial charge in [-0.15, -0.1) is 0 Å². The van der Waals surface area contributed by atoms with Crippen molar-refractivity contribution < 1.29 is 19.0 Å². The van der Waals surface area contributed by atoms with Gasteiger partial charge in [-0.1, -0.05) is 13.0 Å². The van der Waals surface area contributed by atoms with Gasteiger partial charge in [0.25, 0.3) is 0 Å². The summed E-state index contributed by atoms with van der Waals surface area (Å²) in [6, 6.07) is 5.64. The molecule has 0 radical (unpaired) electrons. The van der Waals surface area contributed by atoms with E-state index >= 15 is 0 Å². The zero-order valence-electron chi connectivity index (χ0n) is 24.9. The maximum atomic E-state index is 12.1. The molecule has 10 nitrogen and oxygen atoms in total. The second-order valence-corrected chi connectivity index (χ2v) is 10.4. The van der Waals surface area contributed by atoms with Crippen molar-refractivity contribution >= 4 is 23.3 Å². The van der Waals surface area contributed by atoms with E-state index in [4.69, 9.17) is 29.5 Å². The van der Waals surface area contributed by atoms with Crippen LogP contribution in [-0.4, -0.2) is 79.5 Å². The number of rotatable bonds is 8. The Kier molecular flexibility index (Phi) is 9.84. The SMILES string of the molecule is CCC1CC=C(C)C(n2cc(C)c(CN3CCN(C(=O)CC#N)CC3)c2)=NC1=Nc1cc(OC)c(OC)c(OC)c1. The number of hydrogen-bond donors (Lipinski definition) is 0. The first-order valence-corrected chi connectivity index (χ1v) is 14.0. The summed E-state index contributed by atoms with van der Waals surface area (Å²) in [5.74, 6) is 3.32. The van der Waals surface area contributed by atoms with Gasteiger partial charge in [-0.2, -0.15) is 5.26 Å². The molecule has 1 unspecified atom stereocenters. The summed E-state index contributed by atoms with van der Waals surface area (Å²) in [7, 11) is 4.78. The maximum absolute atomic E-state index is 12.1. The van der Waals surface area contributed by atoms with E-state index < -0.39 is 0 Å². The second-order valence-electron chi connectivity index (χ2n) is 10.4. The molecule has 1 saturated heterocycles. The van der Waals surface area contributed by atoms with Gasteiger partial charge >= 0.3 is 0 Å². The van der Waals surface area contributed by atoms with Crippen LogP contribution in [0, 0.1) is 24.2 Å². The van der Waals surface area contributed by atoms with Gasteiger partial charge in [-0.05, 0) is 43.4 Å². The summed E-state index contributed by atoms with van der Waals surface area (Å²) >= 11 is 0. The van der Waals surface area contributed by atoms with Crippen molar-refractivity contribution in [2.75, 3.05) is 47.5 Å². The van der Waals surface area contributed by atoms with Gasteiger partial charge in [0.1, 0.15) is 18.1 Å². The van der Waals surface area contributed by atoms with Gasteiger partial charge in [0.05, 0.1) is 33.1 Å². The van der Waals surface area contributed by atoms with Crippen molar-refractivity contribution in [3.8, 4) is 23.3 Å². The van der Waals surface area contributed by atoms with Crippen LogP contribution < -0.4 is 14.2 Å². The highest BCUT2D eigenvalue weighted by Crippen LogP contribution is 2.41. The van der Waals surface area contributed by atoms with Crippen molar-refractivity contribution in [2.45, 2.75) is 46.6 Å². The first-order chi connectivity index (χ1) is 19.8. The van der Waals surface area contributed by atoms with Crippen LogP contribution in [0.5, 0.6) is 17.2 Å². The van der Waals surface area contributed by atoms with Crippen LogP contribution >= 0.6 is 0 Å². The first kappa shape index (κ1) is 29.9. The summed E-state index contributed by atoms with van der Waals surface area (Å²) in [6.45, 7) is 10.0. The Hall–Kier alpha value is -4.10. The fraction of sp³-hybridized carbons (Fsp3) is 0.484. The number of benzene rings is 1. The highest BCUT2D eigenvalue weighted by molar-refractivity contribution is 6.08. The van der Waals surface area contributed by atoms with Gasteiger partial charge in [0.2, 0.25) is 11.7 Å². The number of nitriles is 1. The summed E-state index contributed by atoms with van der Waals surface area (Å²) in [4.78, 5) is 26.3. The van der Waals surface area contributed by atoms with Crippen LogP contribution in [0.4, 0.5) is 5.69 Å². The molecule has 0 saturated carbocycles. The third kappa shape index (κ3) is 6.80. The molecule has 1 atom stereocenters. The van der Waals surface area contributed by atoms with Crippen LogP contribution in [-0.2, 0) is 11.3 Å². The predicted octanol–water partition coefficient (Wildman–Crippen LogP) is 4.73. The number of carbonyl (C=O) groups excluding carboxylic acids is 1. The molecule has 0 bridgehead atoms. The molecule has 0 spiro atoms. The van der Waals surface area contributed by atoms with E-state index in [-0.39, 0.29) is 18.2 Å². The average molecular weight is 561 g/mol. The van der Waals surface area contributed by atoms with E-state index in [1.807, 2.05) is 18.2 Å². The largest absolute Gasteiger partial charge is 0.493 e. The first-order valence-electron chi connectivity index (χ1n) is 14.0. The number of amidine groups is 1. The minimum absolute atomic E-state index is 0.0549. The van der Waals surface area contributed by atoms with E-state index in [9.17, 15) is 4.79 Å². The molecule has 218 valence electrons. The maximum Gasteiger partial charge on any atom is 0.236 e. The van der Waals surface area contributed by atoms with Crippen molar-refractivity contribution in [2.24, 2.45) is 15.9 Å². The van der Waals surface area contributed by atoms with E-state index in [1.165, 1.54) is 11.1 Å². The molecular weight excluding hydrogens is 520 g/mol. The Morgan fingerprint density at radius 2 is 1.76 bits per heavy atom. The number of piperazine rings is 1. The molecule has 3 heterocycles. The number of ether oxygens (including phenoxy) is 3. The van der Waals surface area contributed by atoms with Crippen LogP contribution in [0.15, 0.2) is 46.2 Å². The minimum Gasteiger partial charge on any atom is -0.493 e. The molecule has 0 N–H and O–H groups in total. The number of methoxy groups -OCH3 is 3. The number of allylic oxidation sites excluding steroid dienone is 2. The van der Waals surface area contributed by atoms with E-state index in [1.54, 1.807) is 26.2 Å². The fourth-order valence-electron chi connectivity index (χ4n) is 5.26. The highest BCUT2D eigenvalue weighted by atomic mass is 16.5. The molecule has 41 heavy (non-hydrogen) atoms. The van der Waals surface area contributed by atoms with Gasteiger partial charge in [-0.3, -0.25) is 9.69 Å². The number of amides is 1. The second kappa shape index (κ2) is 13.5. The number of aryl methyl sites for hydroxylation is 1. The van der Waals surface area contributed by atoms with Crippen LogP contribution in [0.2, 0.25) is 0 Å². The van der Waals surface area contributed by atoms with Crippen LogP contribution in [0.3, 0.4) is 0 Å². The lowest BCUT2D eigenvalue weighted by Gasteiger charge is -2.34. The molecule has 10 heteroatoms. The lowest BCUT2D eigenvalue weighted by Crippen LogP contribution is -2.48. The molecule has 2 aliphatic heterocycles. The van der Waals surface area contributed by atoms with Crippen molar-refractivity contribution in [3.63, 3.8) is 0 Å². The van der Waals surface area contributed by atoms with E-state index in [2.05, 4.69) is 48.7 Å². The average Bonchev–Trinajstić information content (AvgIpc) is 3.26. The molecule has 2 aromatic rings. The molecule has 1 amide bonds. The monoisotopic (exact) mass is 560 g/mol. The Labute approximate surface area is 242 Å². The molecule has 2 aliphatic rings. The number of hydrogen-bond acceptors (Lipinski definition) is 7. The Morgan fingerprint density at radius 1 is 1.07 bits per heavy atom.